The topological polar surface area (TPSA) is 61.4 Å². The Morgan fingerprint density at radius 2 is 2.14 bits per heavy atom. The maximum atomic E-state index is 13.5. The number of anilines is 2. The molecule has 3 unspecified atom stereocenters. The van der Waals surface area contributed by atoms with Gasteiger partial charge < -0.3 is 10.6 Å². The van der Waals surface area contributed by atoms with E-state index in [-0.39, 0.29) is 17.9 Å². The third-order valence-corrected chi connectivity index (χ3v) is 7.47. The van der Waals surface area contributed by atoms with E-state index in [1.807, 2.05) is 49.0 Å². The fourth-order valence-electron chi connectivity index (χ4n) is 4.85. The number of thioether (sulfide) groups is 1. The molecule has 0 aliphatic carbocycles. The highest BCUT2D eigenvalue weighted by atomic mass is 35.5. The van der Waals surface area contributed by atoms with Gasteiger partial charge in [-0.2, -0.15) is 0 Å². The Morgan fingerprint density at radius 1 is 1.32 bits per heavy atom. The Labute approximate surface area is 172 Å². The van der Waals surface area contributed by atoms with Crippen LogP contribution in [0.1, 0.15) is 17.5 Å². The molecule has 5 nitrogen and oxygen atoms in total. The maximum Gasteiger partial charge on any atom is 0.250 e. The summed E-state index contributed by atoms with van der Waals surface area (Å²) in [5, 5.41) is 6.64. The highest BCUT2D eigenvalue weighted by molar-refractivity contribution is 7.99. The lowest BCUT2D eigenvalue weighted by Gasteiger charge is -2.36. The van der Waals surface area contributed by atoms with Gasteiger partial charge in [0.15, 0.2) is 0 Å². The second-order valence-electron chi connectivity index (χ2n) is 7.63. The maximum absolute atomic E-state index is 13.5. The Kier molecular flexibility index (Phi) is 4.19. The number of aryl methyl sites for hydroxylation is 1. The summed E-state index contributed by atoms with van der Waals surface area (Å²) in [5.74, 6) is 1.02. The first kappa shape index (κ1) is 18.0. The molecule has 0 radical (unpaired) electrons. The molecule has 2 aromatic carbocycles. The highest BCUT2D eigenvalue weighted by Crippen LogP contribution is 2.55. The second-order valence-corrected chi connectivity index (χ2v) is 9.06. The number of benzene rings is 2. The fraction of sp³-hybridized carbons (Fsp3) is 0.333. The summed E-state index contributed by atoms with van der Waals surface area (Å²) in [7, 11) is 0. The molecular weight excluding hydrogens is 394 g/mol. The number of amides is 2. The fourth-order valence-corrected chi connectivity index (χ4v) is 6.33. The van der Waals surface area contributed by atoms with Gasteiger partial charge in [-0.15, -0.1) is 11.8 Å². The number of rotatable bonds is 2. The summed E-state index contributed by atoms with van der Waals surface area (Å²) in [5.41, 5.74) is 2.41. The van der Waals surface area contributed by atoms with Gasteiger partial charge in [0.1, 0.15) is 5.54 Å². The van der Waals surface area contributed by atoms with Gasteiger partial charge in [0.2, 0.25) is 11.8 Å². The van der Waals surface area contributed by atoms with Gasteiger partial charge in [0, 0.05) is 39.6 Å². The monoisotopic (exact) mass is 413 g/mol. The SMILES string of the molecule is Cc1ccc(Cl)cc1NC(=O)C1CC2CSCN2C12C(=O)Nc1ccccc12. The van der Waals surface area contributed by atoms with Crippen molar-refractivity contribution in [3.63, 3.8) is 0 Å². The number of carbonyl (C=O) groups excluding carboxylic acids is 2. The van der Waals surface area contributed by atoms with Crippen molar-refractivity contribution in [2.45, 2.75) is 24.9 Å². The molecule has 144 valence electrons. The van der Waals surface area contributed by atoms with E-state index >= 15 is 0 Å². The average Bonchev–Trinajstić information content (AvgIpc) is 3.33. The van der Waals surface area contributed by atoms with Crippen molar-refractivity contribution in [1.82, 2.24) is 4.90 Å². The predicted octanol–water partition coefficient (Wildman–Crippen LogP) is 3.83. The lowest BCUT2D eigenvalue weighted by Crippen LogP contribution is -2.53. The van der Waals surface area contributed by atoms with E-state index in [1.54, 1.807) is 12.1 Å². The molecule has 2 saturated heterocycles. The van der Waals surface area contributed by atoms with Crippen molar-refractivity contribution >= 4 is 46.6 Å². The van der Waals surface area contributed by atoms with E-state index < -0.39 is 11.5 Å². The van der Waals surface area contributed by atoms with Crippen molar-refractivity contribution in [1.29, 1.82) is 0 Å². The number of carbonyl (C=O) groups is 2. The van der Waals surface area contributed by atoms with Crippen LogP contribution < -0.4 is 10.6 Å². The predicted molar refractivity (Wildman–Crippen MR) is 113 cm³/mol. The van der Waals surface area contributed by atoms with Crippen LogP contribution >= 0.6 is 23.4 Å². The Hall–Kier alpha value is -2.02. The third kappa shape index (κ3) is 2.44. The Bertz CT molecular complexity index is 997. The summed E-state index contributed by atoms with van der Waals surface area (Å²) >= 11 is 7.94. The van der Waals surface area contributed by atoms with Crippen molar-refractivity contribution in [3.8, 4) is 0 Å². The number of hydrogen-bond donors (Lipinski definition) is 2. The number of nitrogens with zero attached hydrogens (tertiary/aromatic N) is 1. The summed E-state index contributed by atoms with van der Waals surface area (Å²) in [4.78, 5) is 29.0. The molecule has 3 aliphatic heterocycles. The number of para-hydroxylation sites is 1. The number of fused-ring (bicyclic) bond motifs is 4. The molecule has 2 fully saturated rings. The van der Waals surface area contributed by atoms with Crippen molar-refractivity contribution in [3.05, 3.63) is 58.6 Å². The van der Waals surface area contributed by atoms with Gasteiger partial charge >= 0.3 is 0 Å². The lowest BCUT2D eigenvalue weighted by molar-refractivity contribution is -0.134. The molecule has 3 heterocycles. The average molecular weight is 414 g/mol. The molecule has 5 rings (SSSR count). The van der Waals surface area contributed by atoms with E-state index in [9.17, 15) is 9.59 Å². The molecule has 3 atom stereocenters. The Balaban J connectivity index is 1.58. The van der Waals surface area contributed by atoms with Gasteiger partial charge in [0.25, 0.3) is 0 Å². The van der Waals surface area contributed by atoms with E-state index in [0.29, 0.717) is 17.1 Å². The van der Waals surface area contributed by atoms with Crippen LogP contribution in [0, 0.1) is 12.8 Å². The van der Waals surface area contributed by atoms with E-state index in [2.05, 4.69) is 15.5 Å². The molecule has 28 heavy (non-hydrogen) atoms. The first-order chi connectivity index (χ1) is 13.5. The lowest BCUT2D eigenvalue weighted by atomic mass is 9.79. The molecule has 3 aliphatic rings. The molecule has 7 heteroatoms. The molecule has 0 bridgehead atoms. The molecule has 2 amide bonds. The number of nitrogens with one attached hydrogen (secondary N) is 2. The van der Waals surface area contributed by atoms with Gasteiger partial charge in [0.05, 0.1) is 5.92 Å². The molecule has 1 spiro atoms. The van der Waals surface area contributed by atoms with Crippen LogP contribution in [0.4, 0.5) is 11.4 Å². The van der Waals surface area contributed by atoms with E-state index in [4.69, 9.17) is 11.6 Å². The van der Waals surface area contributed by atoms with Crippen LogP contribution in [-0.4, -0.2) is 34.4 Å². The molecule has 0 aromatic heterocycles. The standard InChI is InChI=1S/C21H20ClN3O2S/c1-12-6-7-13(22)8-18(12)23-19(26)16-9-14-10-28-11-25(14)21(16)15-4-2-3-5-17(15)24-20(21)27/h2-8,14,16H,9-11H2,1H3,(H,23,26)(H,24,27). The molecule has 2 aromatic rings. The second kappa shape index (κ2) is 6.51. The van der Waals surface area contributed by atoms with E-state index in [0.717, 1.165) is 28.4 Å². The highest BCUT2D eigenvalue weighted by Gasteiger charge is 2.65. The van der Waals surface area contributed by atoms with E-state index in [1.165, 1.54) is 0 Å². The summed E-state index contributed by atoms with van der Waals surface area (Å²) in [6.45, 7) is 1.93. The van der Waals surface area contributed by atoms with Crippen LogP contribution in [0.25, 0.3) is 0 Å². The van der Waals surface area contributed by atoms with Crippen LogP contribution in [0.2, 0.25) is 5.02 Å². The summed E-state index contributed by atoms with van der Waals surface area (Å²) in [6.07, 6.45) is 0.667. The molecule has 2 N–H and O–H groups in total. The van der Waals surface area contributed by atoms with Crippen LogP contribution in [0.5, 0.6) is 0 Å². The largest absolute Gasteiger partial charge is 0.325 e. The first-order valence-corrected chi connectivity index (χ1v) is 10.9. The van der Waals surface area contributed by atoms with Crippen LogP contribution in [0.3, 0.4) is 0 Å². The van der Waals surface area contributed by atoms with Crippen molar-refractivity contribution in [2.24, 2.45) is 5.92 Å². The minimum absolute atomic E-state index is 0.0957. The zero-order valence-electron chi connectivity index (χ0n) is 15.4. The Morgan fingerprint density at radius 3 is 3.00 bits per heavy atom. The van der Waals surface area contributed by atoms with Crippen molar-refractivity contribution < 1.29 is 9.59 Å². The minimum Gasteiger partial charge on any atom is -0.325 e. The summed E-state index contributed by atoms with van der Waals surface area (Å²) in [6, 6.07) is 13.4. The third-order valence-electron chi connectivity index (χ3n) is 6.15. The van der Waals surface area contributed by atoms with Gasteiger partial charge in [-0.1, -0.05) is 35.9 Å². The summed E-state index contributed by atoms with van der Waals surface area (Å²) < 4.78 is 0. The van der Waals surface area contributed by atoms with Crippen LogP contribution in [0.15, 0.2) is 42.5 Å². The van der Waals surface area contributed by atoms with Gasteiger partial charge in [-0.05, 0) is 37.1 Å². The zero-order valence-corrected chi connectivity index (χ0v) is 16.9. The smallest absolute Gasteiger partial charge is 0.250 e. The normalized spacial score (nSPS) is 28.3. The first-order valence-electron chi connectivity index (χ1n) is 9.34. The molecule has 0 saturated carbocycles. The van der Waals surface area contributed by atoms with Gasteiger partial charge in [-0.3, -0.25) is 14.5 Å². The van der Waals surface area contributed by atoms with Gasteiger partial charge in [-0.25, -0.2) is 0 Å². The zero-order chi connectivity index (χ0) is 19.5. The minimum atomic E-state index is -0.943. The van der Waals surface area contributed by atoms with Crippen LogP contribution in [-0.2, 0) is 15.1 Å². The molecular formula is C21H20ClN3O2S. The number of hydrogen-bond acceptors (Lipinski definition) is 4. The quantitative estimate of drug-likeness (QED) is 0.785. The van der Waals surface area contributed by atoms with Crippen molar-refractivity contribution in [2.75, 3.05) is 22.3 Å². The number of halogens is 1.